The Morgan fingerprint density at radius 1 is 1.18 bits per heavy atom. The fourth-order valence-corrected chi connectivity index (χ4v) is 5.50. The lowest BCUT2D eigenvalue weighted by Crippen LogP contribution is -2.45. The SMILES string of the molecule is CC1CC(C(=O)NCc2cc(F)cc(Br)c2)N(S(=O)(=O)c2ccc(F)cc2)C1. The van der Waals surface area contributed by atoms with E-state index < -0.39 is 33.6 Å². The Hall–Kier alpha value is -1.84. The van der Waals surface area contributed by atoms with Gasteiger partial charge in [-0.05, 0) is 60.4 Å². The van der Waals surface area contributed by atoms with Crippen LogP contribution in [0.2, 0.25) is 0 Å². The first-order valence-electron chi connectivity index (χ1n) is 8.67. The molecule has 2 atom stereocenters. The number of halogens is 3. The van der Waals surface area contributed by atoms with Crippen LogP contribution < -0.4 is 5.32 Å². The van der Waals surface area contributed by atoms with E-state index in [-0.39, 0.29) is 23.9 Å². The van der Waals surface area contributed by atoms with Gasteiger partial charge in [0.25, 0.3) is 0 Å². The topological polar surface area (TPSA) is 66.5 Å². The number of nitrogens with zero attached hydrogens (tertiary/aromatic N) is 1. The van der Waals surface area contributed by atoms with Crippen LogP contribution >= 0.6 is 15.9 Å². The lowest BCUT2D eigenvalue weighted by atomic mass is 10.1. The summed E-state index contributed by atoms with van der Waals surface area (Å²) in [5.41, 5.74) is 0.555. The number of carbonyl (C=O) groups is 1. The summed E-state index contributed by atoms with van der Waals surface area (Å²) in [7, 11) is -3.94. The molecule has 1 aliphatic heterocycles. The van der Waals surface area contributed by atoms with Gasteiger partial charge in [0.2, 0.25) is 15.9 Å². The van der Waals surface area contributed by atoms with Gasteiger partial charge in [-0.1, -0.05) is 22.9 Å². The second-order valence-corrected chi connectivity index (χ2v) is 9.69. The van der Waals surface area contributed by atoms with Gasteiger partial charge in [-0.25, -0.2) is 17.2 Å². The number of benzene rings is 2. The maximum atomic E-state index is 13.5. The highest BCUT2D eigenvalue weighted by molar-refractivity contribution is 9.10. The van der Waals surface area contributed by atoms with Crippen molar-refractivity contribution in [3.63, 3.8) is 0 Å². The van der Waals surface area contributed by atoms with Crippen molar-refractivity contribution in [1.29, 1.82) is 0 Å². The molecule has 2 unspecified atom stereocenters. The molecule has 2 aromatic carbocycles. The molecule has 0 radical (unpaired) electrons. The molecule has 0 aromatic heterocycles. The van der Waals surface area contributed by atoms with Crippen molar-refractivity contribution >= 4 is 31.9 Å². The lowest BCUT2D eigenvalue weighted by Gasteiger charge is -2.23. The second kappa shape index (κ2) is 8.26. The Morgan fingerprint density at radius 2 is 1.86 bits per heavy atom. The molecular formula is C19H19BrF2N2O3S. The van der Waals surface area contributed by atoms with Gasteiger partial charge in [0.1, 0.15) is 17.7 Å². The van der Waals surface area contributed by atoms with E-state index in [2.05, 4.69) is 21.2 Å². The van der Waals surface area contributed by atoms with Crippen LogP contribution in [0, 0.1) is 17.6 Å². The summed E-state index contributed by atoms with van der Waals surface area (Å²) >= 11 is 3.19. The highest BCUT2D eigenvalue weighted by Crippen LogP contribution is 2.29. The third kappa shape index (κ3) is 4.59. The predicted octanol–water partition coefficient (Wildman–Crippen LogP) is 3.44. The summed E-state index contributed by atoms with van der Waals surface area (Å²) in [4.78, 5) is 12.6. The Morgan fingerprint density at radius 3 is 2.50 bits per heavy atom. The van der Waals surface area contributed by atoms with Gasteiger partial charge in [-0.2, -0.15) is 4.31 Å². The zero-order valence-electron chi connectivity index (χ0n) is 15.0. The zero-order chi connectivity index (χ0) is 20.5. The minimum absolute atomic E-state index is 0.00529. The van der Waals surface area contributed by atoms with E-state index in [1.165, 1.54) is 24.3 Å². The van der Waals surface area contributed by atoms with Gasteiger partial charge in [-0.3, -0.25) is 4.79 Å². The molecule has 1 N–H and O–H groups in total. The average molecular weight is 473 g/mol. The molecule has 0 bridgehead atoms. The van der Waals surface area contributed by atoms with Gasteiger partial charge in [-0.15, -0.1) is 0 Å². The largest absolute Gasteiger partial charge is 0.351 e. The summed E-state index contributed by atoms with van der Waals surface area (Å²) in [5, 5.41) is 2.69. The molecule has 2 aromatic rings. The number of nitrogens with one attached hydrogen (secondary N) is 1. The van der Waals surface area contributed by atoms with Crippen LogP contribution in [0.15, 0.2) is 51.8 Å². The van der Waals surface area contributed by atoms with E-state index in [0.717, 1.165) is 16.4 Å². The molecule has 1 amide bonds. The van der Waals surface area contributed by atoms with Crippen LogP contribution in [0.1, 0.15) is 18.9 Å². The van der Waals surface area contributed by atoms with E-state index in [4.69, 9.17) is 0 Å². The van der Waals surface area contributed by atoms with Crippen LogP contribution in [0.4, 0.5) is 8.78 Å². The van der Waals surface area contributed by atoms with Crippen LogP contribution in [-0.4, -0.2) is 31.2 Å². The van der Waals surface area contributed by atoms with Crippen molar-refractivity contribution in [2.24, 2.45) is 5.92 Å². The van der Waals surface area contributed by atoms with Crippen molar-refractivity contribution in [2.45, 2.75) is 30.8 Å². The van der Waals surface area contributed by atoms with E-state index in [1.54, 1.807) is 6.07 Å². The van der Waals surface area contributed by atoms with E-state index in [1.807, 2.05) is 6.92 Å². The number of rotatable bonds is 5. The van der Waals surface area contributed by atoms with Gasteiger partial charge in [0.15, 0.2) is 0 Å². The van der Waals surface area contributed by atoms with Crippen molar-refractivity contribution in [1.82, 2.24) is 9.62 Å². The summed E-state index contributed by atoms with van der Waals surface area (Å²) in [5.74, 6) is -1.43. The Bertz CT molecular complexity index is 963. The molecule has 0 saturated carbocycles. The molecule has 5 nitrogen and oxygen atoms in total. The zero-order valence-corrected chi connectivity index (χ0v) is 17.4. The Balaban J connectivity index is 1.77. The summed E-state index contributed by atoms with van der Waals surface area (Å²) in [6, 6.07) is 7.93. The van der Waals surface area contributed by atoms with Crippen LogP contribution in [0.5, 0.6) is 0 Å². The molecule has 1 fully saturated rings. The van der Waals surface area contributed by atoms with Gasteiger partial charge < -0.3 is 5.32 Å². The Kier molecular flexibility index (Phi) is 6.16. The summed E-state index contributed by atoms with van der Waals surface area (Å²) in [6.45, 7) is 2.14. The van der Waals surface area contributed by atoms with Crippen LogP contribution in [0.3, 0.4) is 0 Å². The third-order valence-electron chi connectivity index (χ3n) is 4.58. The first kappa shape index (κ1) is 20.9. The predicted molar refractivity (Wildman–Crippen MR) is 104 cm³/mol. The highest BCUT2D eigenvalue weighted by atomic mass is 79.9. The molecule has 0 spiro atoms. The standard InChI is InChI=1S/C19H19BrF2N2O3S/c1-12-6-18(19(25)23-10-13-7-14(20)9-16(22)8-13)24(11-12)28(26,27)17-4-2-15(21)3-5-17/h2-5,7-9,12,18H,6,10-11H2,1H3,(H,23,25). The molecule has 150 valence electrons. The number of carbonyl (C=O) groups excluding carboxylic acids is 1. The first-order chi connectivity index (χ1) is 13.2. The first-order valence-corrected chi connectivity index (χ1v) is 10.9. The van der Waals surface area contributed by atoms with Gasteiger partial charge in [0.05, 0.1) is 4.90 Å². The van der Waals surface area contributed by atoms with Crippen LogP contribution in [0.25, 0.3) is 0 Å². The maximum Gasteiger partial charge on any atom is 0.243 e. The molecular weight excluding hydrogens is 454 g/mol. The van der Waals surface area contributed by atoms with E-state index in [0.29, 0.717) is 16.5 Å². The van der Waals surface area contributed by atoms with Crippen molar-refractivity contribution in [3.8, 4) is 0 Å². The molecule has 1 saturated heterocycles. The highest BCUT2D eigenvalue weighted by Gasteiger charge is 2.42. The molecule has 1 aliphatic rings. The van der Waals surface area contributed by atoms with Crippen molar-refractivity contribution in [3.05, 3.63) is 64.1 Å². The van der Waals surface area contributed by atoms with Crippen molar-refractivity contribution < 1.29 is 22.0 Å². The average Bonchev–Trinajstić information content (AvgIpc) is 3.02. The smallest absolute Gasteiger partial charge is 0.243 e. The summed E-state index contributed by atoms with van der Waals surface area (Å²) in [6.07, 6.45) is 0.374. The van der Waals surface area contributed by atoms with E-state index in [9.17, 15) is 22.0 Å². The number of hydrogen-bond donors (Lipinski definition) is 1. The monoisotopic (exact) mass is 472 g/mol. The van der Waals surface area contributed by atoms with E-state index >= 15 is 0 Å². The third-order valence-corrected chi connectivity index (χ3v) is 6.92. The minimum atomic E-state index is -3.94. The van der Waals surface area contributed by atoms with Crippen LogP contribution in [-0.2, 0) is 21.4 Å². The molecule has 3 rings (SSSR count). The van der Waals surface area contributed by atoms with Gasteiger partial charge in [0, 0.05) is 17.6 Å². The number of amides is 1. The minimum Gasteiger partial charge on any atom is -0.351 e. The fraction of sp³-hybridized carbons (Fsp3) is 0.316. The Labute approximate surface area is 170 Å². The molecule has 9 heteroatoms. The van der Waals surface area contributed by atoms with Gasteiger partial charge >= 0.3 is 0 Å². The second-order valence-electron chi connectivity index (χ2n) is 6.88. The molecule has 1 heterocycles. The lowest BCUT2D eigenvalue weighted by molar-refractivity contribution is -0.124. The quantitative estimate of drug-likeness (QED) is 0.724. The number of sulfonamides is 1. The molecule has 28 heavy (non-hydrogen) atoms. The number of hydrogen-bond acceptors (Lipinski definition) is 3. The summed E-state index contributed by atoms with van der Waals surface area (Å²) < 4.78 is 54.2. The van der Waals surface area contributed by atoms with Crippen molar-refractivity contribution in [2.75, 3.05) is 6.54 Å². The maximum absolute atomic E-state index is 13.5. The fourth-order valence-electron chi connectivity index (χ4n) is 3.27. The molecule has 0 aliphatic carbocycles. The normalized spacial score (nSPS) is 20.3.